The molecule has 0 saturated carbocycles. The molecule has 0 unspecified atom stereocenters. The molecular formula is C31H34FNO9S. The number of Topliss-reactive ketones (excluding diaryl/α,β-unsaturated/α-hetero) is 1. The van der Waals surface area contributed by atoms with Crippen LogP contribution in [-0.2, 0) is 32.2 Å². The van der Waals surface area contributed by atoms with Crippen LogP contribution in [0.5, 0.6) is 23.0 Å². The Morgan fingerprint density at radius 2 is 1.63 bits per heavy atom. The lowest BCUT2D eigenvalue weighted by Gasteiger charge is -2.14. The van der Waals surface area contributed by atoms with Crippen molar-refractivity contribution in [3.05, 3.63) is 46.1 Å². The number of hydrogen-bond donors (Lipinski definition) is 0. The van der Waals surface area contributed by atoms with Gasteiger partial charge in [-0.25, -0.2) is 4.39 Å². The summed E-state index contributed by atoms with van der Waals surface area (Å²) in [6.07, 6.45) is 1.46. The fourth-order valence-electron chi connectivity index (χ4n) is 4.70. The molecule has 10 nitrogen and oxygen atoms in total. The summed E-state index contributed by atoms with van der Waals surface area (Å²) in [7, 11) is 2.95. The van der Waals surface area contributed by atoms with Crippen molar-refractivity contribution in [2.45, 2.75) is 52.1 Å². The fourth-order valence-corrected chi connectivity index (χ4v) is 5.76. The number of rotatable bonds is 16. The van der Waals surface area contributed by atoms with Crippen molar-refractivity contribution >= 4 is 45.4 Å². The topological polar surface area (TPSA) is 118 Å². The normalized spacial score (nSPS) is 12.1. The van der Waals surface area contributed by atoms with Crippen molar-refractivity contribution in [1.82, 2.24) is 4.90 Å². The quantitative estimate of drug-likeness (QED) is 0.0921. The zero-order valence-corrected chi connectivity index (χ0v) is 25.2. The lowest BCUT2D eigenvalue weighted by atomic mass is 10.1. The maximum absolute atomic E-state index is 15.5. The van der Waals surface area contributed by atoms with Gasteiger partial charge in [0.1, 0.15) is 6.29 Å². The Balaban J connectivity index is 1.35. The van der Waals surface area contributed by atoms with Crippen LogP contribution in [0.4, 0.5) is 4.39 Å². The number of nitrogens with zero attached hydrogens (tertiary/aromatic N) is 1. The van der Waals surface area contributed by atoms with Gasteiger partial charge in [0.05, 0.1) is 45.3 Å². The molecule has 3 aromatic rings. The number of fused-ring (bicyclic) bond motifs is 2. The van der Waals surface area contributed by atoms with Crippen molar-refractivity contribution in [1.29, 1.82) is 0 Å². The number of halogens is 1. The molecule has 0 spiro atoms. The molecule has 0 atom stereocenters. The number of thiophene rings is 1. The van der Waals surface area contributed by atoms with E-state index in [2.05, 4.69) is 0 Å². The van der Waals surface area contributed by atoms with Crippen LogP contribution in [0.3, 0.4) is 0 Å². The standard InChI is InChI=1S/C31H34FNO9S/c1-4-40-29(37)9-8-22(35)27-15-21-26(43-27)16-25(39-3)31(30(21)32)42-12-6-11-41-24-14-20-18-33(28(36)7-5-10-34)17-19(20)13-23(24)38-2/h10,13-16H,4-9,11-12,17-18H2,1-3H3. The Bertz CT molecular complexity index is 1500. The molecular weight excluding hydrogens is 581 g/mol. The highest BCUT2D eigenvalue weighted by atomic mass is 32.1. The van der Waals surface area contributed by atoms with Crippen LogP contribution in [0.2, 0.25) is 0 Å². The first-order valence-electron chi connectivity index (χ1n) is 13.9. The van der Waals surface area contributed by atoms with Crippen LogP contribution in [0.15, 0.2) is 24.3 Å². The third-order valence-electron chi connectivity index (χ3n) is 6.87. The number of methoxy groups -OCH3 is 2. The molecule has 0 fully saturated rings. The molecule has 12 heteroatoms. The van der Waals surface area contributed by atoms with Crippen LogP contribution in [-0.4, -0.2) is 62.9 Å². The van der Waals surface area contributed by atoms with Gasteiger partial charge in [-0.15, -0.1) is 11.3 Å². The van der Waals surface area contributed by atoms with Gasteiger partial charge in [0.2, 0.25) is 5.91 Å². The second-order valence-electron chi connectivity index (χ2n) is 9.75. The first kappa shape index (κ1) is 31.7. The first-order chi connectivity index (χ1) is 20.8. The van der Waals surface area contributed by atoms with Gasteiger partial charge in [-0.05, 0) is 36.2 Å². The Labute approximate surface area is 252 Å². The second kappa shape index (κ2) is 14.8. The molecule has 1 amide bonds. The fraction of sp³-hybridized carbons (Fsp3) is 0.419. The molecule has 2 heterocycles. The predicted octanol–water partition coefficient (Wildman–Crippen LogP) is 5.25. The monoisotopic (exact) mass is 615 g/mol. The highest BCUT2D eigenvalue weighted by Gasteiger charge is 2.25. The molecule has 43 heavy (non-hydrogen) atoms. The van der Waals surface area contributed by atoms with E-state index in [9.17, 15) is 19.2 Å². The highest BCUT2D eigenvalue weighted by Crippen LogP contribution is 2.40. The maximum Gasteiger partial charge on any atom is 0.306 e. The van der Waals surface area contributed by atoms with Crippen LogP contribution >= 0.6 is 11.3 Å². The largest absolute Gasteiger partial charge is 0.493 e. The summed E-state index contributed by atoms with van der Waals surface area (Å²) in [5.41, 5.74) is 1.91. The number of carbonyl (C=O) groups excluding carboxylic acids is 4. The number of esters is 1. The van der Waals surface area contributed by atoms with Gasteiger partial charge in [-0.1, -0.05) is 0 Å². The maximum atomic E-state index is 15.5. The first-order valence-corrected chi connectivity index (χ1v) is 14.8. The highest BCUT2D eigenvalue weighted by molar-refractivity contribution is 7.20. The number of hydrogen-bond acceptors (Lipinski definition) is 10. The van der Waals surface area contributed by atoms with Crippen LogP contribution in [0, 0.1) is 5.82 Å². The van der Waals surface area contributed by atoms with Gasteiger partial charge >= 0.3 is 5.97 Å². The predicted molar refractivity (Wildman–Crippen MR) is 157 cm³/mol. The van der Waals surface area contributed by atoms with Gasteiger partial charge in [0.25, 0.3) is 0 Å². The minimum atomic E-state index is -0.636. The van der Waals surface area contributed by atoms with Crippen LogP contribution in [0.25, 0.3) is 10.1 Å². The average Bonchev–Trinajstić information content (AvgIpc) is 3.63. The molecule has 4 rings (SSSR count). The van der Waals surface area contributed by atoms with Crippen molar-refractivity contribution < 1.29 is 47.3 Å². The third-order valence-corrected chi connectivity index (χ3v) is 7.99. The molecule has 1 aromatic heterocycles. The SMILES string of the molecule is CCOC(=O)CCC(=O)c1cc2c(F)c(OCCCOc3cc4c(cc3OC)CN(C(=O)CCC=O)C4)c(OC)cc2s1. The lowest BCUT2D eigenvalue weighted by Crippen LogP contribution is -2.24. The van der Waals surface area contributed by atoms with Gasteiger partial charge in [0, 0.05) is 54.9 Å². The summed E-state index contributed by atoms with van der Waals surface area (Å²) in [6, 6.07) is 6.79. The smallest absolute Gasteiger partial charge is 0.306 e. The van der Waals surface area contributed by atoms with E-state index in [0.29, 0.717) is 40.6 Å². The lowest BCUT2D eigenvalue weighted by molar-refractivity contribution is -0.143. The molecule has 1 aliphatic rings. The number of carbonyl (C=O) groups is 4. The molecule has 2 aromatic carbocycles. The summed E-state index contributed by atoms with van der Waals surface area (Å²) < 4.78 is 43.4. The van der Waals surface area contributed by atoms with E-state index in [1.54, 1.807) is 17.9 Å². The third kappa shape index (κ3) is 7.61. The molecule has 1 aliphatic heterocycles. The molecule has 0 N–H and O–H groups in total. The summed E-state index contributed by atoms with van der Waals surface area (Å²) in [6.45, 7) is 3.19. The van der Waals surface area contributed by atoms with E-state index in [1.807, 2.05) is 12.1 Å². The molecule has 0 radical (unpaired) electrons. The van der Waals surface area contributed by atoms with Crippen LogP contribution < -0.4 is 18.9 Å². The molecule has 0 aliphatic carbocycles. The van der Waals surface area contributed by atoms with Gasteiger partial charge in [-0.3, -0.25) is 14.4 Å². The summed E-state index contributed by atoms with van der Waals surface area (Å²) >= 11 is 1.12. The molecule has 0 bridgehead atoms. The number of ether oxygens (including phenoxy) is 5. The molecule has 0 saturated heterocycles. The van der Waals surface area contributed by atoms with Gasteiger partial charge in [-0.2, -0.15) is 0 Å². The number of amides is 1. The van der Waals surface area contributed by atoms with E-state index in [-0.39, 0.29) is 74.1 Å². The Hall–Kier alpha value is -4.19. The van der Waals surface area contributed by atoms with Gasteiger partial charge in [0.15, 0.2) is 34.6 Å². The summed E-state index contributed by atoms with van der Waals surface area (Å²) in [5, 5.41) is 0.234. The molecule has 230 valence electrons. The Morgan fingerprint density at radius 3 is 2.30 bits per heavy atom. The van der Waals surface area contributed by atoms with E-state index < -0.39 is 11.8 Å². The number of aldehydes is 1. The van der Waals surface area contributed by atoms with E-state index in [0.717, 1.165) is 28.7 Å². The van der Waals surface area contributed by atoms with E-state index >= 15 is 4.39 Å². The Kier molecular flexibility index (Phi) is 10.9. The van der Waals surface area contributed by atoms with Crippen LogP contribution in [0.1, 0.15) is 59.8 Å². The minimum absolute atomic E-state index is 0.0272. The zero-order valence-electron chi connectivity index (χ0n) is 24.4. The number of benzene rings is 2. The average molecular weight is 616 g/mol. The summed E-state index contributed by atoms with van der Waals surface area (Å²) in [5.74, 6) is -0.253. The van der Waals surface area contributed by atoms with Crippen molar-refractivity contribution in [3.8, 4) is 23.0 Å². The van der Waals surface area contributed by atoms with E-state index in [4.69, 9.17) is 23.7 Å². The van der Waals surface area contributed by atoms with E-state index in [1.165, 1.54) is 20.3 Å². The van der Waals surface area contributed by atoms with Crippen molar-refractivity contribution in [2.24, 2.45) is 0 Å². The number of ketones is 1. The summed E-state index contributed by atoms with van der Waals surface area (Å²) in [4.78, 5) is 49.2. The minimum Gasteiger partial charge on any atom is -0.493 e. The van der Waals surface area contributed by atoms with Crippen molar-refractivity contribution in [3.63, 3.8) is 0 Å². The Morgan fingerprint density at radius 1 is 0.930 bits per heavy atom. The second-order valence-corrected chi connectivity index (χ2v) is 10.8. The van der Waals surface area contributed by atoms with Crippen molar-refractivity contribution in [2.75, 3.05) is 34.0 Å². The van der Waals surface area contributed by atoms with Gasteiger partial charge < -0.3 is 33.4 Å². The zero-order chi connectivity index (χ0) is 30.9.